The maximum atomic E-state index is 9.05. The molecule has 0 spiro atoms. The van der Waals surface area contributed by atoms with Gasteiger partial charge >= 0.3 is 0 Å². The summed E-state index contributed by atoms with van der Waals surface area (Å²) in [6.07, 6.45) is 2.42. The molecule has 0 aliphatic carbocycles. The van der Waals surface area contributed by atoms with Gasteiger partial charge < -0.3 is 14.9 Å². The van der Waals surface area contributed by atoms with Crippen LogP contribution in [0.5, 0.6) is 0 Å². The fraction of sp³-hybridized carbons (Fsp3) is 1.00. The molecule has 0 aromatic carbocycles. The molecular formula is C12H26N2O. The molecule has 15 heavy (non-hydrogen) atoms. The Bertz CT molecular complexity index is 164. The summed E-state index contributed by atoms with van der Waals surface area (Å²) in [6.45, 7) is 11.8. The van der Waals surface area contributed by atoms with Crippen LogP contribution in [0.3, 0.4) is 0 Å². The normalized spacial score (nSPS) is 22.8. The van der Waals surface area contributed by atoms with Crippen LogP contribution < -0.4 is 0 Å². The van der Waals surface area contributed by atoms with E-state index in [1.807, 2.05) is 0 Å². The van der Waals surface area contributed by atoms with Gasteiger partial charge in [-0.2, -0.15) is 0 Å². The van der Waals surface area contributed by atoms with Gasteiger partial charge in [0.25, 0.3) is 0 Å². The molecule has 3 nitrogen and oxygen atoms in total. The Kier molecular flexibility index (Phi) is 6.22. The van der Waals surface area contributed by atoms with Gasteiger partial charge in [-0.1, -0.05) is 13.8 Å². The third kappa shape index (κ3) is 4.49. The van der Waals surface area contributed by atoms with Crippen LogP contribution in [0.1, 0.15) is 26.7 Å². The molecular weight excluding hydrogens is 188 g/mol. The van der Waals surface area contributed by atoms with Gasteiger partial charge in [-0.15, -0.1) is 0 Å². The van der Waals surface area contributed by atoms with Gasteiger partial charge in [-0.25, -0.2) is 0 Å². The molecule has 1 unspecified atom stereocenters. The smallest absolute Gasteiger partial charge is 0.0471 e. The summed E-state index contributed by atoms with van der Waals surface area (Å²) in [5.74, 6) is 0.534. The van der Waals surface area contributed by atoms with E-state index in [1.165, 1.54) is 39.0 Å². The number of rotatable bonds is 7. The molecule has 0 aromatic rings. The Morgan fingerprint density at radius 3 is 2.67 bits per heavy atom. The first-order valence-corrected chi connectivity index (χ1v) is 6.35. The molecule has 1 atom stereocenters. The molecule has 0 saturated carbocycles. The fourth-order valence-corrected chi connectivity index (χ4v) is 2.29. The lowest BCUT2D eigenvalue weighted by Crippen LogP contribution is -2.34. The molecule has 1 saturated heterocycles. The average molecular weight is 214 g/mol. The summed E-state index contributed by atoms with van der Waals surface area (Å²) in [5.41, 5.74) is 0. The van der Waals surface area contributed by atoms with Crippen molar-refractivity contribution in [2.75, 3.05) is 45.9 Å². The van der Waals surface area contributed by atoms with Gasteiger partial charge in [-0.05, 0) is 38.4 Å². The standard InChI is InChI=1S/C12H26N2O/c1-3-6-13(4-2)8-9-14-7-5-12(10-14)11-15/h12,15H,3-11H2,1-2H3. The van der Waals surface area contributed by atoms with Crippen LogP contribution >= 0.6 is 0 Å². The van der Waals surface area contributed by atoms with Gasteiger partial charge in [0.2, 0.25) is 0 Å². The number of hydrogen-bond acceptors (Lipinski definition) is 3. The van der Waals surface area contributed by atoms with Crippen LogP contribution in [0.25, 0.3) is 0 Å². The quantitative estimate of drug-likeness (QED) is 0.686. The molecule has 90 valence electrons. The molecule has 1 aliphatic rings. The zero-order valence-corrected chi connectivity index (χ0v) is 10.3. The second-order valence-corrected chi connectivity index (χ2v) is 4.57. The molecule has 1 fully saturated rings. The van der Waals surface area contributed by atoms with Gasteiger partial charge in [0.05, 0.1) is 0 Å². The molecule has 0 aromatic heterocycles. The lowest BCUT2D eigenvalue weighted by molar-refractivity contribution is 0.205. The van der Waals surface area contributed by atoms with Crippen molar-refractivity contribution < 1.29 is 5.11 Å². The maximum Gasteiger partial charge on any atom is 0.0471 e. The van der Waals surface area contributed by atoms with Crippen LogP contribution in [-0.2, 0) is 0 Å². The third-order valence-corrected chi connectivity index (χ3v) is 3.35. The van der Waals surface area contributed by atoms with E-state index in [9.17, 15) is 0 Å². The molecule has 1 aliphatic heterocycles. The van der Waals surface area contributed by atoms with Crippen LogP contribution in [0, 0.1) is 5.92 Å². The first-order valence-electron chi connectivity index (χ1n) is 6.35. The van der Waals surface area contributed by atoms with E-state index in [-0.39, 0.29) is 0 Å². The van der Waals surface area contributed by atoms with Gasteiger partial charge in [-0.3, -0.25) is 0 Å². The summed E-state index contributed by atoms with van der Waals surface area (Å²) >= 11 is 0. The highest BCUT2D eigenvalue weighted by Gasteiger charge is 2.21. The summed E-state index contributed by atoms with van der Waals surface area (Å²) in [4.78, 5) is 4.99. The minimum absolute atomic E-state index is 0.364. The van der Waals surface area contributed by atoms with Crippen molar-refractivity contribution in [3.8, 4) is 0 Å². The van der Waals surface area contributed by atoms with Crippen molar-refractivity contribution in [1.29, 1.82) is 0 Å². The van der Waals surface area contributed by atoms with E-state index in [1.54, 1.807) is 0 Å². The summed E-state index contributed by atoms with van der Waals surface area (Å²) in [5, 5.41) is 9.05. The second kappa shape index (κ2) is 7.20. The van der Waals surface area contributed by atoms with E-state index in [4.69, 9.17) is 5.11 Å². The minimum atomic E-state index is 0.364. The predicted octanol–water partition coefficient (Wildman–Crippen LogP) is 1.03. The largest absolute Gasteiger partial charge is 0.396 e. The molecule has 1 rings (SSSR count). The Hall–Kier alpha value is -0.120. The van der Waals surface area contributed by atoms with E-state index >= 15 is 0 Å². The predicted molar refractivity (Wildman–Crippen MR) is 64.0 cm³/mol. The van der Waals surface area contributed by atoms with Crippen molar-refractivity contribution in [2.45, 2.75) is 26.7 Å². The highest BCUT2D eigenvalue weighted by Crippen LogP contribution is 2.14. The van der Waals surface area contributed by atoms with Gasteiger partial charge in [0.1, 0.15) is 0 Å². The molecule has 3 heteroatoms. The number of likely N-dealkylation sites (tertiary alicyclic amines) is 1. The van der Waals surface area contributed by atoms with Crippen LogP contribution in [0.2, 0.25) is 0 Å². The van der Waals surface area contributed by atoms with Crippen molar-refractivity contribution in [2.24, 2.45) is 5.92 Å². The molecule has 0 bridgehead atoms. The highest BCUT2D eigenvalue weighted by molar-refractivity contribution is 4.75. The lowest BCUT2D eigenvalue weighted by Gasteiger charge is -2.23. The molecule has 1 heterocycles. The van der Waals surface area contributed by atoms with Gasteiger partial charge in [0, 0.05) is 26.2 Å². The number of aliphatic hydroxyl groups excluding tert-OH is 1. The Balaban J connectivity index is 2.13. The van der Waals surface area contributed by atoms with Crippen LogP contribution in [0.4, 0.5) is 0 Å². The van der Waals surface area contributed by atoms with Crippen molar-refractivity contribution >= 4 is 0 Å². The maximum absolute atomic E-state index is 9.05. The summed E-state index contributed by atoms with van der Waals surface area (Å²) < 4.78 is 0. The van der Waals surface area contributed by atoms with E-state index in [0.29, 0.717) is 12.5 Å². The minimum Gasteiger partial charge on any atom is -0.396 e. The Morgan fingerprint density at radius 2 is 2.13 bits per heavy atom. The van der Waals surface area contributed by atoms with E-state index < -0.39 is 0 Å². The Labute approximate surface area is 94.1 Å². The monoisotopic (exact) mass is 214 g/mol. The topological polar surface area (TPSA) is 26.7 Å². The van der Waals surface area contributed by atoms with Crippen LogP contribution in [0.15, 0.2) is 0 Å². The van der Waals surface area contributed by atoms with Crippen molar-refractivity contribution in [3.63, 3.8) is 0 Å². The van der Waals surface area contributed by atoms with E-state index in [0.717, 1.165) is 13.1 Å². The summed E-state index contributed by atoms with van der Waals surface area (Å²) in [7, 11) is 0. The molecule has 0 radical (unpaired) electrons. The van der Waals surface area contributed by atoms with Gasteiger partial charge in [0.15, 0.2) is 0 Å². The third-order valence-electron chi connectivity index (χ3n) is 3.35. The number of nitrogens with zero attached hydrogens (tertiary/aromatic N) is 2. The molecule has 0 amide bonds. The molecule has 1 N–H and O–H groups in total. The fourth-order valence-electron chi connectivity index (χ4n) is 2.29. The zero-order valence-electron chi connectivity index (χ0n) is 10.3. The Morgan fingerprint density at radius 1 is 1.33 bits per heavy atom. The van der Waals surface area contributed by atoms with Crippen LogP contribution in [-0.4, -0.2) is 60.8 Å². The average Bonchev–Trinajstić information content (AvgIpc) is 2.72. The van der Waals surface area contributed by atoms with Crippen molar-refractivity contribution in [3.05, 3.63) is 0 Å². The van der Waals surface area contributed by atoms with Crippen molar-refractivity contribution in [1.82, 2.24) is 9.80 Å². The first kappa shape index (κ1) is 12.9. The number of likely N-dealkylation sites (N-methyl/N-ethyl adjacent to an activating group) is 1. The zero-order chi connectivity index (χ0) is 11.1. The highest BCUT2D eigenvalue weighted by atomic mass is 16.3. The second-order valence-electron chi connectivity index (χ2n) is 4.57. The van der Waals surface area contributed by atoms with E-state index in [2.05, 4.69) is 23.6 Å². The SMILES string of the molecule is CCCN(CC)CCN1CCC(CO)C1. The number of hydrogen-bond donors (Lipinski definition) is 1. The number of aliphatic hydroxyl groups is 1. The summed E-state index contributed by atoms with van der Waals surface area (Å²) in [6, 6.07) is 0. The first-order chi connectivity index (χ1) is 7.30. The lowest BCUT2D eigenvalue weighted by atomic mass is 10.1.